The number of hydrogen-bond donors (Lipinski definition) is 2. The first-order valence-electron chi connectivity index (χ1n) is 8.47. The van der Waals surface area contributed by atoms with Crippen LogP contribution in [0.3, 0.4) is 0 Å². The highest BCUT2D eigenvalue weighted by Crippen LogP contribution is 2.21. The lowest BCUT2D eigenvalue weighted by molar-refractivity contribution is -0.113. The first-order chi connectivity index (χ1) is 13.5. The number of para-hydroxylation sites is 1. The van der Waals surface area contributed by atoms with Crippen molar-refractivity contribution in [2.24, 2.45) is 0 Å². The molecule has 9 heteroatoms. The third kappa shape index (κ3) is 4.78. The third-order valence-corrected chi connectivity index (χ3v) is 5.37. The predicted molar refractivity (Wildman–Crippen MR) is 111 cm³/mol. The summed E-state index contributed by atoms with van der Waals surface area (Å²) in [6, 6.07) is 11.3. The van der Waals surface area contributed by atoms with Crippen LogP contribution in [0.5, 0.6) is 0 Å². The molecule has 0 bridgehead atoms. The number of halogens is 2. The number of amides is 1. The molecular weight excluding hydrogens is 449 g/mol. The molecule has 0 atom stereocenters. The first kappa shape index (κ1) is 20.5. The highest BCUT2D eigenvalue weighted by atomic mass is 79.9. The van der Waals surface area contributed by atoms with Crippen LogP contribution in [0.4, 0.5) is 10.1 Å². The Morgan fingerprint density at radius 2 is 2.07 bits per heavy atom. The minimum atomic E-state index is -0.545. The van der Waals surface area contributed by atoms with Crippen molar-refractivity contribution in [2.45, 2.75) is 18.1 Å². The molecule has 3 aromatic rings. The van der Waals surface area contributed by atoms with E-state index in [0.717, 1.165) is 11.8 Å². The number of thioether (sulfide) groups is 1. The van der Waals surface area contributed by atoms with Crippen molar-refractivity contribution in [2.75, 3.05) is 17.7 Å². The van der Waals surface area contributed by atoms with Crippen molar-refractivity contribution >= 4 is 50.2 Å². The average molecular weight is 466 g/mol. The van der Waals surface area contributed by atoms with Crippen molar-refractivity contribution < 1.29 is 14.3 Å². The number of aliphatic hydroxyl groups is 1. The number of nitrogens with zero attached hydrogens (tertiary/aromatic N) is 2. The standard InChI is InChI=1S/C19H17BrFN3O3S/c20-12-6-7-16(14(21)10-12)22-17(26)11-28-19-23-15-5-2-1-4-13(15)18(27)24(19)8-3-9-25/h1-2,4-7,10,25H,3,8-9,11H2,(H,22,26). The smallest absolute Gasteiger partial charge is 0.262 e. The molecule has 3 rings (SSSR count). The molecule has 0 radical (unpaired) electrons. The largest absolute Gasteiger partial charge is 0.396 e. The second kappa shape index (κ2) is 9.31. The number of benzene rings is 2. The zero-order valence-corrected chi connectivity index (χ0v) is 17.1. The van der Waals surface area contributed by atoms with Gasteiger partial charge in [-0.25, -0.2) is 9.37 Å². The van der Waals surface area contributed by atoms with E-state index in [1.54, 1.807) is 30.3 Å². The summed E-state index contributed by atoms with van der Waals surface area (Å²) < 4.78 is 15.9. The summed E-state index contributed by atoms with van der Waals surface area (Å²) >= 11 is 4.25. The molecule has 1 aromatic heterocycles. The Kier molecular flexibility index (Phi) is 6.82. The quantitative estimate of drug-likeness (QED) is 0.412. The molecule has 146 valence electrons. The molecule has 0 aliphatic heterocycles. The van der Waals surface area contributed by atoms with Gasteiger partial charge in [0.15, 0.2) is 5.16 Å². The molecule has 0 unspecified atom stereocenters. The number of nitrogens with one attached hydrogen (secondary N) is 1. The second-order valence-corrected chi connectivity index (χ2v) is 7.76. The monoisotopic (exact) mass is 465 g/mol. The lowest BCUT2D eigenvalue weighted by atomic mass is 10.2. The van der Waals surface area contributed by atoms with Gasteiger partial charge in [-0.3, -0.25) is 14.2 Å². The Morgan fingerprint density at radius 3 is 2.82 bits per heavy atom. The molecule has 0 saturated carbocycles. The van der Waals surface area contributed by atoms with Crippen LogP contribution in [-0.2, 0) is 11.3 Å². The zero-order valence-electron chi connectivity index (χ0n) is 14.7. The fourth-order valence-electron chi connectivity index (χ4n) is 2.59. The Labute approximate surface area is 172 Å². The highest BCUT2D eigenvalue weighted by Gasteiger charge is 2.14. The summed E-state index contributed by atoms with van der Waals surface area (Å²) in [5, 5.41) is 12.5. The number of fused-ring (bicyclic) bond motifs is 1. The minimum Gasteiger partial charge on any atom is -0.396 e. The van der Waals surface area contributed by atoms with Crippen molar-refractivity contribution in [3.63, 3.8) is 0 Å². The van der Waals surface area contributed by atoms with Gasteiger partial charge < -0.3 is 10.4 Å². The van der Waals surface area contributed by atoms with Gasteiger partial charge in [0.1, 0.15) is 5.82 Å². The summed E-state index contributed by atoms with van der Waals surface area (Å²) in [6.07, 6.45) is 0.393. The molecule has 0 aliphatic rings. The number of carbonyl (C=O) groups is 1. The van der Waals surface area contributed by atoms with E-state index >= 15 is 0 Å². The topological polar surface area (TPSA) is 84.2 Å². The number of hydrogen-bond acceptors (Lipinski definition) is 5. The predicted octanol–water partition coefficient (Wildman–Crippen LogP) is 3.41. The van der Waals surface area contributed by atoms with Crippen LogP contribution >= 0.6 is 27.7 Å². The lowest BCUT2D eigenvalue weighted by Gasteiger charge is -2.12. The van der Waals surface area contributed by atoms with Gasteiger partial charge in [0.2, 0.25) is 5.91 Å². The Hall–Kier alpha value is -2.23. The van der Waals surface area contributed by atoms with Gasteiger partial charge in [-0.1, -0.05) is 39.8 Å². The fraction of sp³-hybridized carbons (Fsp3) is 0.211. The lowest BCUT2D eigenvalue weighted by Crippen LogP contribution is -2.25. The van der Waals surface area contributed by atoms with Crippen LogP contribution in [-0.4, -0.2) is 32.9 Å². The van der Waals surface area contributed by atoms with E-state index < -0.39 is 11.7 Å². The van der Waals surface area contributed by atoms with Gasteiger partial charge in [-0.05, 0) is 36.8 Å². The number of aliphatic hydroxyl groups excluding tert-OH is 1. The van der Waals surface area contributed by atoms with E-state index in [4.69, 9.17) is 5.11 Å². The number of aromatic nitrogens is 2. The van der Waals surface area contributed by atoms with E-state index in [1.165, 1.54) is 16.7 Å². The molecule has 0 fully saturated rings. The normalized spacial score (nSPS) is 11.0. The minimum absolute atomic E-state index is 0.0423. The average Bonchev–Trinajstić information content (AvgIpc) is 2.68. The van der Waals surface area contributed by atoms with E-state index in [1.807, 2.05) is 0 Å². The second-order valence-electron chi connectivity index (χ2n) is 5.91. The van der Waals surface area contributed by atoms with Crippen LogP contribution < -0.4 is 10.9 Å². The van der Waals surface area contributed by atoms with Gasteiger partial charge in [0.25, 0.3) is 5.56 Å². The molecule has 6 nitrogen and oxygen atoms in total. The van der Waals surface area contributed by atoms with Crippen LogP contribution in [0.15, 0.2) is 56.9 Å². The van der Waals surface area contributed by atoms with Gasteiger partial charge in [0, 0.05) is 17.6 Å². The molecule has 28 heavy (non-hydrogen) atoms. The summed E-state index contributed by atoms with van der Waals surface area (Å²) in [7, 11) is 0. The maximum Gasteiger partial charge on any atom is 0.262 e. The molecule has 2 aromatic carbocycles. The van der Waals surface area contributed by atoms with Gasteiger partial charge in [-0.15, -0.1) is 0 Å². The summed E-state index contributed by atoms with van der Waals surface area (Å²) in [5.74, 6) is -1.00. The van der Waals surface area contributed by atoms with Crippen LogP contribution in [0.25, 0.3) is 10.9 Å². The third-order valence-electron chi connectivity index (χ3n) is 3.90. The molecule has 0 aliphatic carbocycles. The molecule has 1 heterocycles. The van der Waals surface area contributed by atoms with E-state index in [0.29, 0.717) is 33.5 Å². The maximum absolute atomic E-state index is 13.9. The molecular formula is C19H17BrFN3O3S. The van der Waals surface area contributed by atoms with Crippen LogP contribution in [0, 0.1) is 5.82 Å². The highest BCUT2D eigenvalue weighted by molar-refractivity contribution is 9.10. The summed E-state index contributed by atoms with van der Waals surface area (Å²) in [4.78, 5) is 29.5. The summed E-state index contributed by atoms with van der Waals surface area (Å²) in [5.41, 5.74) is 0.397. The van der Waals surface area contributed by atoms with Crippen molar-refractivity contribution in [1.82, 2.24) is 9.55 Å². The van der Waals surface area contributed by atoms with Gasteiger partial charge in [-0.2, -0.15) is 0 Å². The number of anilines is 1. The van der Waals surface area contributed by atoms with Crippen LogP contribution in [0.1, 0.15) is 6.42 Å². The Balaban J connectivity index is 1.80. The van der Waals surface area contributed by atoms with Crippen molar-refractivity contribution in [1.29, 1.82) is 0 Å². The maximum atomic E-state index is 13.9. The fourth-order valence-corrected chi connectivity index (χ4v) is 3.75. The van der Waals surface area contributed by atoms with Crippen LogP contribution in [0.2, 0.25) is 0 Å². The van der Waals surface area contributed by atoms with Crippen molar-refractivity contribution in [3.8, 4) is 0 Å². The van der Waals surface area contributed by atoms with E-state index in [2.05, 4.69) is 26.2 Å². The summed E-state index contributed by atoms with van der Waals surface area (Å²) in [6.45, 7) is 0.227. The molecule has 0 saturated heterocycles. The molecule has 1 amide bonds. The Morgan fingerprint density at radius 1 is 1.29 bits per heavy atom. The SMILES string of the molecule is O=C(CSc1nc2ccccc2c(=O)n1CCCO)Nc1ccc(Br)cc1F. The van der Waals surface area contributed by atoms with Gasteiger partial charge in [0.05, 0.1) is 22.3 Å². The van der Waals surface area contributed by atoms with Crippen molar-refractivity contribution in [3.05, 3.63) is 63.1 Å². The first-order valence-corrected chi connectivity index (χ1v) is 10.3. The number of rotatable bonds is 7. The molecule has 0 spiro atoms. The van der Waals surface area contributed by atoms with Gasteiger partial charge >= 0.3 is 0 Å². The zero-order chi connectivity index (χ0) is 20.1. The Bertz CT molecular complexity index is 1070. The molecule has 2 N–H and O–H groups in total. The van der Waals surface area contributed by atoms with E-state index in [-0.39, 0.29) is 23.6 Å². The number of carbonyl (C=O) groups excluding carboxylic acids is 1. The van der Waals surface area contributed by atoms with E-state index in [9.17, 15) is 14.0 Å².